The van der Waals surface area contributed by atoms with E-state index < -0.39 is 0 Å². The molecule has 1 aromatic rings. The van der Waals surface area contributed by atoms with Crippen LogP contribution in [0.2, 0.25) is 0 Å². The van der Waals surface area contributed by atoms with E-state index in [1.165, 1.54) is 0 Å². The zero-order chi connectivity index (χ0) is 10.7. The first-order valence-electron chi connectivity index (χ1n) is 5.03. The number of ether oxygens (including phenoxy) is 1. The van der Waals surface area contributed by atoms with Gasteiger partial charge in [-0.25, -0.2) is 0 Å². The van der Waals surface area contributed by atoms with Crippen LogP contribution in [-0.2, 0) is 0 Å². The Morgan fingerprint density at radius 2 is 1.86 bits per heavy atom. The minimum Gasteiger partial charge on any atom is -0.488 e. The largest absolute Gasteiger partial charge is 0.488 e. The van der Waals surface area contributed by atoms with E-state index >= 15 is 0 Å². The highest BCUT2D eigenvalue weighted by Gasteiger charge is 2.10. The molecule has 0 saturated heterocycles. The van der Waals surface area contributed by atoms with E-state index in [9.17, 15) is 0 Å². The van der Waals surface area contributed by atoms with E-state index in [1.807, 2.05) is 25.1 Å². The van der Waals surface area contributed by atoms with Gasteiger partial charge in [0, 0.05) is 0 Å². The van der Waals surface area contributed by atoms with Crippen LogP contribution in [0.4, 0.5) is 5.69 Å². The Hall–Kier alpha value is -1.18. The molecule has 0 aliphatic carbocycles. The van der Waals surface area contributed by atoms with E-state index in [2.05, 4.69) is 20.8 Å². The number of aryl methyl sites for hydroxylation is 1. The van der Waals surface area contributed by atoms with Gasteiger partial charge in [0.25, 0.3) is 0 Å². The molecule has 0 heterocycles. The van der Waals surface area contributed by atoms with Gasteiger partial charge in [-0.1, -0.05) is 19.9 Å². The third kappa shape index (κ3) is 2.66. The molecule has 2 N–H and O–H groups in total. The molecule has 2 nitrogen and oxygen atoms in total. The van der Waals surface area contributed by atoms with E-state index in [-0.39, 0.29) is 6.10 Å². The molecule has 2 heteroatoms. The predicted octanol–water partition coefficient (Wildman–Crippen LogP) is 3.00. The normalized spacial score (nSPS) is 12.9. The highest BCUT2D eigenvalue weighted by molar-refractivity contribution is 5.54. The summed E-state index contributed by atoms with van der Waals surface area (Å²) in [7, 11) is 0. The summed E-state index contributed by atoms with van der Waals surface area (Å²) in [6.07, 6.45) is 0.194. The van der Waals surface area contributed by atoms with Crippen LogP contribution < -0.4 is 10.5 Å². The summed E-state index contributed by atoms with van der Waals surface area (Å²) in [5.74, 6) is 1.28. The topological polar surface area (TPSA) is 35.2 Å². The molecule has 1 unspecified atom stereocenters. The van der Waals surface area contributed by atoms with Crippen molar-refractivity contribution in [1.29, 1.82) is 0 Å². The van der Waals surface area contributed by atoms with Gasteiger partial charge in [0.15, 0.2) is 0 Å². The van der Waals surface area contributed by atoms with Crippen LogP contribution in [-0.4, -0.2) is 6.10 Å². The molecule has 78 valence electrons. The fourth-order valence-electron chi connectivity index (χ4n) is 1.11. The summed E-state index contributed by atoms with van der Waals surface area (Å²) in [6.45, 7) is 8.35. The van der Waals surface area contributed by atoms with Gasteiger partial charge in [0.2, 0.25) is 0 Å². The number of benzene rings is 1. The lowest BCUT2D eigenvalue weighted by Crippen LogP contribution is -2.19. The first kappa shape index (κ1) is 10.9. The summed E-state index contributed by atoms with van der Waals surface area (Å²) in [4.78, 5) is 0. The first-order valence-corrected chi connectivity index (χ1v) is 5.03. The third-order valence-corrected chi connectivity index (χ3v) is 2.42. The molecule has 0 bridgehead atoms. The fraction of sp³-hybridized carbons (Fsp3) is 0.500. The second kappa shape index (κ2) is 4.36. The Balaban J connectivity index is 2.77. The van der Waals surface area contributed by atoms with Crippen molar-refractivity contribution in [3.63, 3.8) is 0 Å². The molecule has 1 atom stereocenters. The maximum absolute atomic E-state index is 5.84. The molecule has 0 aromatic heterocycles. The first-order chi connectivity index (χ1) is 6.50. The van der Waals surface area contributed by atoms with Crippen LogP contribution in [0.1, 0.15) is 26.3 Å². The van der Waals surface area contributed by atoms with E-state index in [4.69, 9.17) is 10.5 Å². The van der Waals surface area contributed by atoms with Crippen molar-refractivity contribution in [1.82, 2.24) is 0 Å². The molecule has 1 aromatic carbocycles. The smallest absolute Gasteiger partial charge is 0.142 e. The second-order valence-electron chi connectivity index (χ2n) is 4.11. The Labute approximate surface area is 86.1 Å². The number of hydrogen-bond donors (Lipinski definition) is 1. The SMILES string of the molecule is Cc1ccc(OC(C)C(C)C)c(N)c1. The van der Waals surface area contributed by atoms with Gasteiger partial charge in [-0.2, -0.15) is 0 Å². The highest BCUT2D eigenvalue weighted by Crippen LogP contribution is 2.24. The third-order valence-electron chi connectivity index (χ3n) is 2.42. The van der Waals surface area contributed by atoms with Crippen LogP contribution in [0.3, 0.4) is 0 Å². The average Bonchev–Trinajstić information content (AvgIpc) is 2.09. The van der Waals surface area contributed by atoms with E-state index in [1.54, 1.807) is 0 Å². The number of nitrogen functional groups attached to an aromatic ring is 1. The maximum Gasteiger partial charge on any atom is 0.142 e. The number of nitrogens with two attached hydrogens (primary N) is 1. The molecule has 14 heavy (non-hydrogen) atoms. The summed E-state index contributed by atoms with van der Waals surface area (Å²) in [5.41, 5.74) is 7.72. The van der Waals surface area contributed by atoms with Crippen LogP contribution >= 0.6 is 0 Å². The van der Waals surface area contributed by atoms with Crippen molar-refractivity contribution in [2.75, 3.05) is 5.73 Å². The Kier molecular flexibility index (Phi) is 3.39. The Morgan fingerprint density at radius 1 is 1.21 bits per heavy atom. The minimum absolute atomic E-state index is 0.194. The van der Waals surface area contributed by atoms with E-state index in [0.717, 1.165) is 17.0 Å². The molecule has 0 saturated carbocycles. The zero-order valence-corrected chi connectivity index (χ0v) is 9.37. The maximum atomic E-state index is 5.84. The molecule has 0 aliphatic heterocycles. The lowest BCUT2D eigenvalue weighted by molar-refractivity contribution is 0.171. The number of anilines is 1. The van der Waals surface area contributed by atoms with Crippen LogP contribution in [0.25, 0.3) is 0 Å². The summed E-state index contributed by atoms with van der Waals surface area (Å²) in [5, 5.41) is 0. The lowest BCUT2D eigenvalue weighted by Gasteiger charge is -2.19. The summed E-state index contributed by atoms with van der Waals surface area (Å²) in [6, 6.07) is 5.88. The van der Waals surface area contributed by atoms with Gasteiger partial charge in [-0.3, -0.25) is 0 Å². The standard InChI is InChI=1S/C12H19NO/c1-8(2)10(4)14-12-6-5-9(3)7-11(12)13/h5-8,10H,13H2,1-4H3. The van der Waals surface area contributed by atoms with E-state index in [0.29, 0.717) is 5.92 Å². The minimum atomic E-state index is 0.194. The summed E-state index contributed by atoms with van der Waals surface area (Å²) >= 11 is 0. The van der Waals surface area contributed by atoms with Crippen molar-refractivity contribution < 1.29 is 4.74 Å². The molecule has 1 rings (SSSR count). The molecule has 0 amide bonds. The van der Waals surface area contributed by atoms with Gasteiger partial charge in [0.1, 0.15) is 5.75 Å². The van der Waals surface area contributed by atoms with Gasteiger partial charge < -0.3 is 10.5 Å². The molecule has 0 aliphatic rings. The molecule has 0 spiro atoms. The van der Waals surface area contributed by atoms with Crippen molar-refractivity contribution in [2.24, 2.45) is 5.92 Å². The van der Waals surface area contributed by atoms with Crippen LogP contribution in [0.15, 0.2) is 18.2 Å². The van der Waals surface area contributed by atoms with Gasteiger partial charge in [-0.05, 0) is 37.5 Å². The molecular weight excluding hydrogens is 174 g/mol. The number of rotatable bonds is 3. The Morgan fingerprint density at radius 3 is 2.36 bits per heavy atom. The van der Waals surface area contributed by atoms with Crippen LogP contribution in [0, 0.1) is 12.8 Å². The Bertz CT molecular complexity index is 307. The highest BCUT2D eigenvalue weighted by atomic mass is 16.5. The van der Waals surface area contributed by atoms with Crippen molar-refractivity contribution in [3.8, 4) is 5.75 Å². The number of hydrogen-bond acceptors (Lipinski definition) is 2. The molecular formula is C12H19NO. The molecule has 0 fully saturated rings. The summed E-state index contributed by atoms with van der Waals surface area (Å²) < 4.78 is 5.74. The van der Waals surface area contributed by atoms with Gasteiger partial charge in [0.05, 0.1) is 11.8 Å². The average molecular weight is 193 g/mol. The molecule has 0 radical (unpaired) electrons. The quantitative estimate of drug-likeness (QED) is 0.749. The van der Waals surface area contributed by atoms with Crippen LogP contribution in [0.5, 0.6) is 5.75 Å². The zero-order valence-electron chi connectivity index (χ0n) is 9.37. The van der Waals surface area contributed by atoms with Gasteiger partial charge in [-0.15, -0.1) is 0 Å². The monoisotopic (exact) mass is 193 g/mol. The van der Waals surface area contributed by atoms with Crippen molar-refractivity contribution in [2.45, 2.75) is 33.8 Å². The lowest BCUT2D eigenvalue weighted by atomic mass is 10.1. The second-order valence-corrected chi connectivity index (χ2v) is 4.11. The fourth-order valence-corrected chi connectivity index (χ4v) is 1.11. The van der Waals surface area contributed by atoms with Crippen molar-refractivity contribution in [3.05, 3.63) is 23.8 Å². The van der Waals surface area contributed by atoms with Gasteiger partial charge >= 0.3 is 0 Å². The predicted molar refractivity (Wildman–Crippen MR) is 60.5 cm³/mol. The van der Waals surface area contributed by atoms with Crippen molar-refractivity contribution >= 4 is 5.69 Å².